The number of urea groups is 1. The van der Waals surface area contributed by atoms with E-state index in [1.54, 1.807) is 35.4 Å². The summed E-state index contributed by atoms with van der Waals surface area (Å²) in [5.74, 6) is 0.366. The van der Waals surface area contributed by atoms with Gasteiger partial charge in [0.25, 0.3) is 0 Å². The van der Waals surface area contributed by atoms with Gasteiger partial charge in [0.2, 0.25) is 0 Å². The number of carbonyl (C=O) groups is 1. The van der Waals surface area contributed by atoms with Gasteiger partial charge < -0.3 is 10.2 Å². The molecule has 1 aromatic carbocycles. The van der Waals surface area contributed by atoms with Gasteiger partial charge in [0, 0.05) is 37.1 Å². The molecule has 0 aliphatic carbocycles. The number of nitrogens with one attached hydrogen (secondary N) is 1. The van der Waals surface area contributed by atoms with Crippen molar-refractivity contribution < 1.29 is 4.79 Å². The summed E-state index contributed by atoms with van der Waals surface area (Å²) in [6.45, 7) is 1.40. The third-order valence-electron chi connectivity index (χ3n) is 3.59. The second kappa shape index (κ2) is 5.63. The van der Waals surface area contributed by atoms with Gasteiger partial charge in [0.05, 0.1) is 11.6 Å². The molecule has 1 aromatic heterocycles. The quantitative estimate of drug-likeness (QED) is 0.918. The van der Waals surface area contributed by atoms with E-state index in [0.717, 1.165) is 0 Å². The predicted molar refractivity (Wildman–Crippen MR) is 78.7 cm³/mol. The van der Waals surface area contributed by atoms with Crippen molar-refractivity contribution in [3.8, 4) is 6.07 Å². The second-order valence-corrected chi connectivity index (χ2v) is 5.01. The van der Waals surface area contributed by atoms with Crippen LogP contribution in [0.4, 0.5) is 10.5 Å². The van der Waals surface area contributed by atoms with E-state index in [9.17, 15) is 4.79 Å². The average Bonchev–Trinajstić information content (AvgIpc) is 2.47. The van der Waals surface area contributed by atoms with Crippen molar-refractivity contribution in [2.24, 2.45) is 0 Å². The molecule has 5 heteroatoms. The molecule has 0 spiro atoms. The number of benzene rings is 1. The zero-order valence-corrected chi connectivity index (χ0v) is 11.4. The summed E-state index contributed by atoms with van der Waals surface area (Å²) < 4.78 is 0. The Morgan fingerprint density at radius 1 is 1.29 bits per heavy atom. The number of rotatable bonds is 2. The van der Waals surface area contributed by atoms with Crippen LogP contribution in [-0.4, -0.2) is 29.0 Å². The van der Waals surface area contributed by atoms with Gasteiger partial charge in [0.1, 0.15) is 0 Å². The highest BCUT2D eigenvalue weighted by Crippen LogP contribution is 2.26. The smallest absolute Gasteiger partial charge is 0.321 e. The minimum absolute atomic E-state index is 0.111. The van der Waals surface area contributed by atoms with Gasteiger partial charge in [-0.25, -0.2) is 4.79 Å². The van der Waals surface area contributed by atoms with Crippen molar-refractivity contribution in [1.29, 1.82) is 5.26 Å². The fraction of sp³-hybridized carbons (Fsp3) is 0.188. The molecule has 2 aromatic rings. The fourth-order valence-corrected chi connectivity index (χ4v) is 2.30. The van der Waals surface area contributed by atoms with Crippen molar-refractivity contribution in [3.05, 3.63) is 59.9 Å². The van der Waals surface area contributed by atoms with E-state index in [-0.39, 0.29) is 6.03 Å². The highest BCUT2D eigenvalue weighted by molar-refractivity contribution is 5.90. The van der Waals surface area contributed by atoms with Crippen LogP contribution in [0.3, 0.4) is 0 Å². The predicted octanol–water partition coefficient (Wildman–Crippen LogP) is 2.58. The molecule has 0 saturated carbocycles. The molecule has 0 bridgehead atoms. The van der Waals surface area contributed by atoms with E-state index in [4.69, 9.17) is 5.26 Å². The Morgan fingerprint density at radius 3 is 2.67 bits per heavy atom. The number of nitrogens with zero attached hydrogens (tertiary/aromatic N) is 3. The molecule has 2 amide bonds. The lowest BCUT2D eigenvalue weighted by Gasteiger charge is -2.39. The minimum Gasteiger partial charge on any atom is -0.323 e. The van der Waals surface area contributed by atoms with Crippen LogP contribution in [0.2, 0.25) is 0 Å². The highest BCUT2D eigenvalue weighted by Gasteiger charge is 2.31. The Labute approximate surface area is 122 Å². The van der Waals surface area contributed by atoms with Gasteiger partial charge in [-0.1, -0.05) is 6.07 Å². The Kier molecular flexibility index (Phi) is 3.52. The summed E-state index contributed by atoms with van der Waals surface area (Å²) >= 11 is 0. The third kappa shape index (κ3) is 2.84. The zero-order chi connectivity index (χ0) is 14.7. The molecule has 1 fully saturated rings. The molecule has 0 atom stereocenters. The molecule has 21 heavy (non-hydrogen) atoms. The average molecular weight is 278 g/mol. The topological polar surface area (TPSA) is 69.0 Å². The zero-order valence-electron chi connectivity index (χ0n) is 11.4. The van der Waals surface area contributed by atoms with Crippen molar-refractivity contribution in [3.63, 3.8) is 0 Å². The van der Waals surface area contributed by atoms with Crippen molar-refractivity contribution >= 4 is 11.7 Å². The van der Waals surface area contributed by atoms with Crippen LogP contribution in [0.25, 0.3) is 0 Å². The number of pyridine rings is 1. The molecule has 1 aliphatic heterocycles. The molecule has 104 valence electrons. The van der Waals surface area contributed by atoms with Gasteiger partial charge >= 0.3 is 6.03 Å². The molecule has 1 saturated heterocycles. The van der Waals surface area contributed by atoms with Crippen molar-refractivity contribution in [1.82, 2.24) is 9.88 Å². The van der Waals surface area contributed by atoms with Crippen LogP contribution < -0.4 is 5.32 Å². The van der Waals surface area contributed by atoms with E-state index in [2.05, 4.69) is 10.3 Å². The molecule has 3 rings (SSSR count). The molecule has 1 aliphatic rings. The molecular weight excluding hydrogens is 264 g/mol. The van der Waals surface area contributed by atoms with Crippen molar-refractivity contribution in [2.75, 3.05) is 18.4 Å². The van der Waals surface area contributed by atoms with E-state index in [0.29, 0.717) is 30.3 Å². The highest BCUT2D eigenvalue weighted by atomic mass is 16.2. The SMILES string of the molecule is N#Cc1ccc(NC(=O)N2CC(c3cccnc3)C2)cc1. The Morgan fingerprint density at radius 2 is 2.05 bits per heavy atom. The number of amides is 2. The van der Waals surface area contributed by atoms with Crippen LogP contribution in [0.15, 0.2) is 48.8 Å². The second-order valence-electron chi connectivity index (χ2n) is 5.01. The maximum Gasteiger partial charge on any atom is 0.321 e. The number of likely N-dealkylation sites (tertiary alicyclic amines) is 1. The Hall–Kier alpha value is -2.87. The van der Waals surface area contributed by atoms with E-state index >= 15 is 0 Å². The number of nitriles is 1. The maximum atomic E-state index is 12.1. The van der Waals surface area contributed by atoms with E-state index < -0.39 is 0 Å². The summed E-state index contributed by atoms with van der Waals surface area (Å²) in [6.07, 6.45) is 3.60. The van der Waals surface area contributed by atoms with Crippen molar-refractivity contribution in [2.45, 2.75) is 5.92 Å². The Balaban J connectivity index is 1.55. The van der Waals surface area contributed by atoms with Gasteiger partial charge in [0.15, 0.2) is 0 Å². The van der Waals surface area contributed by atoms with Crippen LogP contribution in [0, 0.1) is 11.3 Å². The number of aromatic nitrogens is 1. The van der Waals surface area contributed by atoms with Gasteiger partial charge in [-0.15, -0.1) is 0 Å². The Bertz CT molecular complexity index is 670. The number of carbonyl (C=O) groups excluding carboxylic acids is 1. The summed E-state index contributed by atoms with van der Waals surface area (Å²) in [4.78, 5) is 17.9. The number of hydrogen-bond donors (Lipinski definition) is 1. The lowest BCUT2D eigenvalue weighted by atomic mass is 9.93. The first-order valence-corrected chi connectivity index (χ1v) is 6.72. The first kappa shape index (κ1) is 13.1. The van der Waals surface area contributed by atoms with Crippen LogP contribution >= 0.6 is 0 Å². The largest absolute Gasteiger partial charge is 0.323 e. The first-order chi connectivity index (χ1) is 10.3. The standard InChI is InChI=1S/C16H14N4O/c17-8-12-3-5-15(6-4-12)19-16(21)20-10-14(11-20)13-2-1-7-18-9-13/h1-7,9,14H,10-11H2,(H,19,21). The maximum absolute atomic E-state index is 12.1. The lowest BCUT2D eigenvalue weighted by molar-refractivity contribution is 0.164. The van der Waals surface area contributed by atoms with Crippen LogP contribution in [0.1, 0.15) is 17.0 Å². The molecule has 1 N–H and O–H groups in total. The van der Waals surface area contributed by atoms with Gasteiger partial charge in [-0.3, -0.25) is 4.98 Å². The number of anilines is 1. The van der Waals surface area contributed by atoms with Crippen LogP contribution in [-0.2, 0) is 0 Å². The number of hydrogen-bond acceptors (Lipinski definition) is 3. The normalized spacial score (nSPS) is 14.1. The molecule has 0 unspecified atom stereocenters. The lowest BCUT2D eigenvalue weighted by Crippen LogP contribution is -2.50. The molecule has 2 heterocycles. The van der Waals surface area contributed by atoms with Gasteiger partial charge in [-0.05, 0) is 35.9 Å². The van der Waals surface area contributed by atoms with E-state index in [1.807, 2.05) is 24.4 Å². The first-order valence-electron chi connectivity index (χ1n) is 6.72. The summed E-state index contributed by atoms with van der Waals surface area (Å²) in [5.41, 5.74) is 2.44. The summed E-state index contributed by atoms with van der Waals surface area (Å²) in [7, 11) is 0. The fourth-order valence-electron chi connectivity index (χ4n) is 2.30. The molecule has 0 radical (unpaired) electrons. The van der Waals surface area contributed by atoms with Gasteiger partial charge in [-0.2, -0.15) is 5.26 Å². The van der Waals surface area contributed by atoms with E-state index in [1.165, 1.54) is 5.56 Å². The summed E-state index contributed by atoms with van der Waals surface area (Å²) in [6, 6.07) is 12.7. The summed E-state index contributed by atoms with van der Waals surface area (Å²) in [5, 5.41) is 11.6. The van der Waals surface area contributed by atoms with Crippen LogP contribution in [0.5, 0.6) is 0 Å². The molecular formula is C16H14N4O. The molecule has 5 nitrogen and oxygen atoms in total. The third-order valence-corrected chi connectivity index (χ3v) is 3.59. The minimum atomic E-state index is -0.111. The monoisotopic (exact) mass is 278 g/mol.